The molecule has 0 N–H and O–H groups in total. The number of nitrogens with zero attached hydrogens (tertiary/aromatic N) is 4. The van der Waals surface area contributed by atoms with Crippen molar-refractivity contribution in [2.24, 2.45) is 0 Å². The maximum absolute atomic E-state index is 12.9. The molecule has 2 aliphatic rings. The average molecular weight is 437 g/mol. The molecule has 2 aliphatic heterocycles. The van der Waals surface area contributed by atoms with Gasteiger partial charge in [-0.2, -0.15) is 0 Å². The molecule has 2 aromatic rings. The minimum atomic E-state index is 0.0309. The molecule has 1 atom stereocenters. The minimum absolute atomic E-state index is 0.0309. The van der Waals surface area contributed by atoms with Gasteiger partial charge in [0.25, 0.3) is 5.91 Å². The first-order valence-electron chi connectivity index (χ1n) is 11.6. The van der Waals surface area contributed by atoms with Crippen molar-refractivity contribution in [1.29, 1.82) is 0 Å². The summed E-state index contributed by atoms with van der Waals surface area (Å²) in [5.41, 5.74) is 2.37. The third kappa shape index (κ3) is 4.92. The molecular formula is C25H32N4O3. The topological polar surface area (TPSA) is 75.6 Å². The number of amides is 2. The SMILES string of the molecule is COc1ccccc1CCC(=O)N1CCC[C@H](c2ncc(C(=O)N3CCCC3)c(C)n2)C1. The highest BCUT2D eigenvalue weighted by Crippen LogP contribution is 2.27. The van der Waals surface area contributed by atoms with Gasteiger partial charge in [0.2, 0.25) is 5.91 Å². The lowest BCUT2D eigenvalue weighted by atomic mass is 9.96. The van der Waals surface area contributed by atoms with Crippen LogP contribution in [0.5, 0.6) is 5.75 Å². The molecule has 2 saturated heterocycles. The molecule has 7 nitrogen and oxygen atoms in total. The Balaban J connectivity index is 1.38. The van der Waals surface area contributed by atoms with Gasteiger partial charge in [-0.3, -0.25) is 9.59 Å². The van der Waals surface area contributed by atoms with Gasteiger partial charge in [-0.25, -0.2) is 9.97 Å². The highest BCUT2D eigenvalue weighted by atomic mass is 16.5. The summed E-state index contributed by atoms with van der Waals surface area (Å²) in [7, 11) is 1.65. The Morgan fingerprint density at radius 3 is 2.59 bits per heavy atom. The van der Waals surface area contributed by atoms with E-state index in [1.54, 1.807) is 13.3 Å². The van der Waals surface area contributed by atoms with Gasteiger partial charge in [-0.05, 0) is 50.7 Å². The van der Waals surface area contributed by atoms with Crippen molar-refractivity contribution in [3.05, 3.63) is 53.1 Å². The van der Waals surface area contributed by atoms with Gasteiger partial charge in [0.15, 0.2) is 0 Å². The number of carbonyl (C=O) groups excluding carboxylic acids is 2. The maximum Gasteiger partial charge on any atom is 0.257 e. The normalized spacial score (nSPS) is 18.6. The third-order valence-electron chi connectivity index (χ3n) is 6.56. The van der Waals surface area contributed by atoms with E-state index in [1.807, 2.05) is 41.0 Å². The van der Waals surface area contributed by atoms with Crippen molar-refractivity contribution in [3.8, 4) is 5.75 Å². The Hall–Kier alpha value is -2.96. The van der Waals surface area contributed by atoms with Gasteiger partial charge in [0.05, 0.1) is 18.4 Å². The summed E-state index contributed by atoms with van der Waals surface area (Å²) in [6, 6.07) is 7.84. The molecule has 170 valence electrons. The van der Waals surface area contributed by atoms with Crippen molar-refractivity contribution >= 4 is 11.8 Å². The van der Waals surface area contributed by atoms with Gasteiger partial charge in [0, 0.05) is 44.7 Å². The van der Waals surface area contributed by atoms with Crippen LogP contribution in [0.2, 0.25) is 0 Å². The van der Waals surface area contributed by atoms with Crippen LogP contribution < -0.4 is 4.74 Å². The van der Waals surface area contributed by atoms with Crippen molar-refractivity contribution in [2.45, 2.75) is 51.4 Å². The van der Waals surface area contributed by atoms with Gasteiger partial charge < -0.3 is 14.5 Å². The highest BCUT2D eigenvalue weighted by molar-refractivity contribution is 5.95. The quantitative estimate of drug-likeness (QED) is 0.694. The van der Waals surface area contributed by atoms with Crippen molar-refractivity contribution in [1.82, 2.24) is 19.8 Å². The zero-order chi connectivity index (χ0) is 22.5. The van der Waals surface area contributed by atoms with E-state index in [-0.39, 0.29) is 17.7 Å². The fraction of sp³-hybridized carbons (Fsp3) is 0.520. The summed E-state index contributed by atoms with van der Waals surface area (Å²) in [5.74, 6) is 1.85. The molecule has 3 heterocycles. The summed E-state index contributed by atoms with van der Waals surface area (Å²) in [6.45, 7) is 4.91. The van der Waals surface area contributed by atoms with Gasteiger partial charge >= 0.3 is 0 Å². The molecule has 0 spiro atoms. The standard InChI is InChI=1S/C25H32N4O3/c1-18-21(25(31)28-13-5-6-14-28)16-26-24(27-18)20-9-7-15-29(17-20)23(30)12-11-19-8-3-4-10-22(19)32-2/h3-4,8,10,16,20H,5-7,9,11-15,17H2,1-2H3/t20-/m0/s1. The Morgan fingerprint density at radius 1 is 1.09 bits per heavy atom. The molecule has 0 aliphatic carbocycles. The molecule has 0 saturated carbocycles. The largest absolute Gasteiger partial charge is 0.496 e. The first-order chi connectivity index (χ1) is 15.6. The first-order valence-corrected chi connectivity index (χ1v) is 11.6. The van der Waals surface area contributed by atoms with E-state index in [0.717, 1.165) is 68.1 Å². The first kappa shape index (κ1) is 22.2. The number of hydrogen-bond donors (Lipinski definition) is 0. The van der Waals surface area contributed by atoms with E-state index in [0.29, 0.717) is 24.9 Å². The molecular weight excluding hydrogens is 404 g/mol. The molecule has 2 amide bonds. The number of piperidine rings is 1. The van der Waals surface area contributed by atoms with Gasteiger partial charge in [-0.1, -0.05) is 18.2 Å². The van der Waals surface area contributed by atoms with Crippen LogP contribution in [0, 0.1) is 6.92 Å². The zero-order valence-electron chi connectivity index (χ0n) is 19.0. The van der Waals surface area contributed by atoms with Crippen LogP contribution in [0.4, 0.5) is 0 Å². The Bertz CT molecular complexity index is 971. The molecule has 1 aromatic carbocycles. The summed E-state index contributed by atoms with van der Waals surface area (Å²) >= 11 is 0. The van der Waals surface area contributed by atoms with E-state index in [1.165, 1.54) is 0 Å². The van der Waals surface area contributed by atoms with Crippen molar-refractivity contribution < 1.29 is 14.3 Å². The second-order valence-electron chi connectivity index (χ2n) is 8.72. The van der Waals surface area contributed by atoms with E-state index < -0.39 is 0 Å². The molecule has 1 aromatic heterocycles. The number of aryl methyl sites for hydroxylation is 2. The Kier molecular flexibility index (Phi) is 7.02. The Morgan fingerprint density at radius 2 is 1.84 bits per heavy atom. The lowest BCUT2D eigenvalue weighted by molar-refractivity contribution is -0.132. The van der Waals surface area contributed by atoms with Crippen LogP contribution in [-0.4, -0.2) is 64.9 Å². The number of ether oxygens (including phenoxy) is 1. The minimum Gasteiger partial charge on any atom is -0.496 e. The van der Waals surface area contributed by atoms with Gasteiger partial charge in [-0.15, -0.1) is 0 Å². The lowest BCUT2D eigenvalue weighted by Gasteiger charge is -2.32. The van der Waals surface area contributed by atoms with Crippen LogP contribution in [0.1, 0.15) is 65.5 Å². The average Bonchev–Trinajstić information content (AvgIpc) is 3.37. The Labute approximate surface area is 189 Å². The van der Waals surface area contributed by atoms with Crippen LogP contribution in [0.25, 0.3) is 0 Å². The van der Waals surface area contributed by atoms with Crippen LogP contribution in [0.3, 0.4) is 0 Å². The van der Waals surface area contributed by atoms with E-state index >= 15 is 0 Å². The number of aromatic nitrogens is 2. The fourth-order valence-corrected chi connectivity index (χ4v) is 4.71. The summed E-state index contributed by atoms with van der Waals surface area (Å²) in [6.07, 6.45) is 6.81. The fourth-order valence-electron chi connectivity index (χ4n) is 4.71. The monoisotopic (exact) mass is 436 g/mol. The smallest absolute Gasteiger partial charge is 0.257 e. The number of hydrogen-bond acceptors (Lipinski definition) is 5. The molecule has 4 rings (SSSR count). The van der Waals surface area contributed by atoms with Crippen LogP contribution >= 0.6 is 0 Å². The number of para-hydroxylation sites is 1. The maximum atomic E-state index is 12.9. The van der Waals surface area contributed by atoms with Gasteiger partial charge in [0.1, 0.15) is 11.6 Å². The number of likely N-dealkylation sites (tertiary alicyclic amines) is 2. The van der Waals surface area contributed by atoms with E-state index in [9.17, 15) is 9.59 Å². The summed E-state index contributed by atoms with van der Waals surface area (Å²) in [5, 5.41) is 0. The van der Waals surface area contributed by atoms with Crippen LogP contribution in [0.15, 0.2) is 30.5 Å². The molecule has 32 heavy (non-hydrogen) atoms. The summed E-state index contributed by atoms with van der Waals surface area (Å²) in [4.78, 5) is 38.7. The molecule has 0 radical (unpaired) electrons. The number of benzene rings is 1. The molecule has 2 fully saturated rings. The predicted molar refractivity (Wildman–Crippen MR) is 122 cm³/mol. The predicted octanol–water partition coefficient (Wildman–Crippen LogP) is 3.37. The third-order valence-corrected chi connectivity index (χ3v) is 6.56. The lowest BCUT2D eigenvalue weighted by Crippen LogP contribution is -2.39. The zero-order valence-corrected chi connectivity index (χ0v) is 19.0. The van der Waals surface area contributed by atoms with Crippen molar-refractivity contribution in [2.75, 3.05) is 33.3 Å². The second kappa shape index (κ2) is 10.1. The van der Waals surface area contributed by atoms with Crippen molar-refractivity contribution in [3.63, 3.8) is 0 Å². The molecule has 7 heteroatoms. The number of rotatable bonds is 6. The number of carbonyl (C=O) groups is 2. The number of methoxy groups -OCH3 is 1. The summed E-state index contributed by atoms with van der Waals surface area (Å²) < 4.78 is 5.40. The van der Waals surface area contributed by atoms with E-state index in [2.05, 4.69) is 9.97 Å². The molecule has 0 bridgehead atoms. The van der Waals surface area contributed by atoms with Crippen LogP contribution in [-0.2, 0) is 11.2 Å². The van der Waals surface area contributed by atoms with E-state index in [4.69, 9.17) is 4.74 Å². The second-order valence-corrected chi connectivity index (χ2v) is 8.72. The highest BCUT2D eigenvalue weighted by Gasteiger charge is 2.28. The molecule has 0 unspecified atom stereocenters.